The summed E-state index contributed by atoms with van der Waals surface area (Å²) < 4.78 is 30.9. The Balaban J connectivity index is 1.04. The molecule has 2 fully saturated rings. The summed E-state index contributed by atoms with van der Waals surface area (Å²) in [4.78, 5) is 43.0. The fourth-order valence-corrected chi connectivity index (χ4v) is 7.99. The van der Waals surface area contributed by atoms with Gasteiger partial charge in [-0.05, 0) is 73.3 Å². The number of nitrogens with zero attached hydrogens (tertiary/aromatic N) is 9. The topological polar surface area (TPSA) is 179 Å². The summed E-state index contributed by atoms with van der Waals surface area (Å²) in [5.74, 6) is -0.985. The Morgan fingerprint density at radius 2 is 1.40 bits per heavy atom. The third-order valence-corrected chi connectivity index (χ3v) is 10.7. The number of fused-ring (bicyclic) bond motifs is 2. The van der Waals surface area contributed by atoms with Gasteiger partial charge in [0.25, 0.3) is 0 Å². The van der Waals surface area contributed by atoms with Crippen molar-refractivity contribution in [1.29, 1.82) is 0 Å². The number of carbonyl (C=O) groups is 1. The van der Waals surface area contributed by atoms with Crippen LogP contribution >= 0.6 is 0 Å². The van der Waals surface area contributed by atoms with Crippen LogP contribution < -0.4 is 17.2 Å². The number of piperazine rings is 1. The van der Waals surface area contributed by atoms with Crippen molar-refractivity contribution in [3.05, 3.63) is 96.1 Å². The van der Waals surface area contributed by atoms with Gasteiger partial charge in [-0.15, -0.1) is 0 Å². The number of benzene rings is 2. The van der Waals surface area contributed by atoms with Gasteiger partial charge in [0.05, 0.1) is 54.5 Å². The number of likely N-dealkylation sites (N-methyl/N-ethyl adjacent to an activating group) is 2. The van der Waals surface area contributed by atoms with Crippen LogP contribution in [0, 0.1) is 17.6 Å². The van der Waals surface area contributed by atoms with Gasteiger partial charge in [-0.1, -0.05) is 0 Å². The number of pyridine rings is 2. The van der Waals surface area contributed by atoms with Crippen LogP contribution in [0.3, 0.4) is 0 Å². The Labute approximate surface area is 304 Å². The minimum absolute atomic E-state index is 0.0451. The van der Waals surface area contributed by atoms with Crippen LogP contribution in [0.25, 0.3) is 44.6 Å². The van der Waals surface area contributed by atoms with E-state index in [0.717, 1.165) is 24.2 Å². The lowest BCUT2D eigenvalue weighted by atomic mass is 9.80. The largest absolute Gasteiger partial charge is 0.382 e. The Morgan fingerprint density at radius 3 is 1.98 bits per heavy atom. The first-order chi connectivity index (χ1) is 25.4. The number of halogens is 2. The number of primary amides is 1. The summed E-state index contributed by atoms with van der Waals surface area (Å²) in [5, 5.41) is 0. The van der Waals surface area contributed by atoms with Gasteiger partial charge >= 0.3 is 0 Å². The van der Waals surface area contributed by atoms with Crippen molar-refractivity contribution in [1.82, 2.24) is 39.7 Å². The first-order valence-corrected chi connectivity index (χ1v) is 17.3. The standard InChI is InChI=1S/C38H38F2N12O/c1-50-7-8-52(2,17-22-10-24(14-26(40)12-22)29-4-6-31-34(49-29)37(42)47-20-45-31)18-32(50)35-27(38(43)53)16-51(35)15-21-9-23(13-25(39)11-21)28-3-5-30-33(48-28)36(41)46-19-44-30/h3-6,9-14,19-20,27,32,35H,7-8,15-18H2,1-2H3,(H5-,41,42,43,44,45,46,47,53)/p+1. The van der Waals surface area contributed by atoms with Crippen LogP contribution in [0.2, 0.25) is 0 Å². The molecule has 4 unspecified atom stereocenters. The van der Waals surface area contributed by atoms with Crippen LogP contribution in [-0.4, -0.2) is 102 Å². The number of amides is 1. The maximum Gasteiger partial charge on any atom is 0.223 e. The van der Waals surface area contributed by atoms with E-state index in [4.69, 9.17) is 17.2 Å². The second-order valence-corrected chi connectivity index (χ2v) is 14.5. The lowest BCUT2D eigenvalue weighted by Crippen LogP contribution is -2.73. The molecule has 6 heterocycles. The predicted molar refractivity (Wildman–Crippen MR) is 197 cm³/mol. The van der Waals surface area contributed by atoms with Gasteiger partial charge in [0, 0.05) is 42.4 Å². The fraction of sp³-hybridized carbons (Fsp3) is 0.289. The Bertz CT molecular complexity index is 2390. The molecule has 1 amide bonds. The van der Waals surface area contributed by atoms with E-state index >= 15 is 8.78 Å². The van der Waals surface area contributed by atoms with Crippen LogP contribution in [0.5, 0.6) is 0 Å². The highest BCUT2D eigenvalue weighted by atomic mass is 19.1. The maximum atomic E-state index is 15.2. The summed E-state index contributed by atoms with van der Waals surface area (Å²) >= 11 is 0. The molecule has 6 aromatic rings. The van der Waals surface area contributed by atoms with E-state index in [2.05, 4.69) is 53.8 Å². The number of nitrogens with two attached hydrogens (primary N) is 3. The average Bonchev–Trinajstić information content (AvgIpc) is 3.11. The molecule has 4 aromatic heterocycles. The van der Waals surface area contributed by atoms with E-state index < -0.39 is 5.82 Å². The van der Waals surface area contributed by atoms with Crippen LogP contribution in [0.1, 0.15) is 11.1 Å². The average molecular weight is 718 g/mol. The summed E-state index contributed by atoms with van der Waals surface area (Å²) in [6, 6.07) is 16.8. The van der Waals surface area contributed by atoms with Crippen LogP contribution in [-0.2, 0) is 17.9 Å². The summed E-state index contributed by atoms with van der Waals surface area (Å²) in [5.41, 5.74) is 24.1. The molecular weight excluding hydrogens is 678 g/mol. The van der Waals surface area contributed by atoms with Gasteiger partial charge in [0.1, 0.15) is 41.9 Å². The van der Waals surface area contributed by atoms with Crippen molar-refractivity contribution in [3.8, 4) is 22.5 Å². The Hall–Kier alpha value is -5.77. The van der Waals surface area contributed by atoms with Gasteiger partial charge in [0.15, 0.2) is 11.6 Å². The third kappa shape index (κ3) is 6.69. The molecular formula is C38H39F2N12O+. The van der Waals surface area contributed by atoms with Crippen LogP contribution in [0.15, 0.2) is 73.3 Å². The second-order valence-electron chi connectivity index (χ2n) is 14.5. The number of hydrogen-bond acceptors (Lipinski definition) is 11. The number of rotatable bonds is 8. The molecule has 0 radical (unpaired) electrons. The fourth-order valence-electron chi connectivity index (χ4n) is 7.99. The maximum absolute atomic E-state index is 15.2. The molecule has 2 aliphatic rings. The molecule has 8 rings (SSSR count). The second kappa shape index (κ2) is 13.3. The highest BCUT2D eigenvalue weighted by Gasteiger charge is 2.51. The summed E-state index contributed by atoms with van der Waals surface area (Å²) in [6.45, 7) is 3.70. The van der Waals surface area contributed by atoms with Gasteiger partial charge in [0.2, 0.25) is 5.91 Å². The molecule has 15 heteroatoms. The minimum Gasteiger partial charge on any atom is -0.382 e. The van der Waals surface area contributed by atoms with Crippen molar-refractivity contribution in [2.45, 2.75) is 25.2 Å². The molecule has 53 heavy (non-hydrogen) atoms. The zero-order valence-electron chi connectivity index (χ0n) is 29.3. The van der Waals surface area contributed by atoms with E-state index in [1.54, 1.807) is 30.3 Å². The van der Waals surface area contributed by atoms with Gasteiger partial charge in [-0.25, -0.2) is 38.7 Å². The van der Waals surface area contributed by atoms with Gasteiger partial charge in [-0.3, -0.25) is 14.6 Å². The zero-order valence-corrected chi connectivity index (χ0v) is 29.3. The van der Waals surface area contributed by atoms with E-state index in [9.17, 15) is 4.79 Å². The smallest absolute Gasteiger partial charge is 0.223 e. The quantitative estimate of drug-likeness (QED) is 0.197. The Kier molecular flexibility index (Phi) is 8.63. The Morgan fingerprint density at radius 1 is 0.830 bits per heavy atom. The predicted octanol–water partition coefficient (Wildman–Crippen LogP) is 3.39. The normalized spacial score (nSPS) is 22.2. The number of likely N-dealkylation sites (tertiary alicyclic amines) is 1. The third-order valence-electron chi connectivity index (χ3n) is 10.7. The summed E-state index contributed by atoms with van der Waals surface area (Å²) in [6.07, 6.45) is 2.76. The van der Waals surface area contributed by atoms with Crippen molar-refractivity contribution >= 4 is 39.6 Å². The highest BCUT2D eigenvalue weighted by molar-refractivity contribution is 5.86. The lowest BCUT2D eigenvalue weighted by Gasteiger charge is -2.56. The van der Waals surface area contributed by atoms with Crippen molar-refractivity contribution in [2.75, 3.05) is 51.7 Å². The molecule has 0 bridgehead atoms. The number of nitrogen functional groups attached to an aromatic ring is 2. The number of aromatic nitrogens is 6. The van der Waals surface area contributed by atoms with E-state index in [-0.39, 0.29) is 41.4 Å². The molecule has 270 valence electrons. The van der Waals surface area contributed by atoms with E-state index in [0.29, 0.717) is 75.2 Å². The molecule has 2 aliphatic heterocycles. The summed E-state index contributed by atoms with van der Waals surface area (Å²) in [7, 11) is 4.22. The monoisotopic (exact) mass is 717 g/mol. The zero-order chi connectivity index (χ0) is 37.0. The minimum atomic E-state index is -0.399. The molecule has 13 nitrogen and oxygen atoms in total. The molecule has 2 saturated heterocycles. The number of carbonyl (C=O) groups excluding carboxylic acids is 1. The number of anilines is 2. The van der Waals surface area contributed by atoms with Gasteiger partial charge < -0.3 is 21.7 Å². The van der Waals surface area contributed by atoms with E-state index in [1.165, 1.54) is 30.9 Å². The molecule has 6 N–H and O–H groups in total. The molecule has 0 saturated carbocycles. The van der Waals surface area contributed by atoms with Crippen molar-refractivity contribution < 1.29 is 18.1 Å². The first-order valence-electron chi connectivity index (χ1n) is 17.3. The highest BCUT2D eigenvalue weighted by Crippen LogP contribution is 2.36. The van der Waals surface area contributed by atoms with E-state index in [1.807, 2.05) is 12.1 Å². The lowest BCUT2D eigenvalue weighted by molar-refractivity contribution is -0.929. The van der Waals surface area contributed by atoms with Crippen molar-refractivity contribution in [3.63, 3.8) is 0 Å². The van der Waals surface area contributed by atoms with Gasteiger partial charge in [-0.2, -0.15) is 0 Å². The molecule has 2 aromatic carbocycles. The first kappa shape index (κ1) is 34.3. The SMILES string of the molecule is CN1CC[N+](C)(Cc2cc(F)cc(-c3ccc4ncnc(N)c4n3)c2)CC1C1C(C(N)=O)CN1Cc1cc(F)cc(-c2ccc3ncnc(N)c3n2)c1. The molecule has 0 aliphatic carbocycles. The molecule has 4 atom stereocenters. The molecule has 0 spiro atoms. The number of quaternary nitrogens is 1. The number of hydrogen-bond donors (Lipinski definition) is 3. The van der Waals surface area contributed by atoms with Crippen LogP contribution in [0.4, 0.5) is 20.4 Å². The van der Waals surface area contributed by atoms with Crippen molar-refractivity contribution in [2.24, 2.45) is 11.7 Å².